The molecule has 0 saturated carbocycles. The molecule has 3 aromatic rings. The van der Waals surface area contributed by atoms with E-state index < -0.39 is 0 Å². The van der Waals surface area contributed by atoms with E-state index >= 15 is 0 Å². The first-order valence-electron chi connectivity index (χ1n) is 9.62. The van der Waals surface area contributed by atoms with E-state index in [1.165, 1.54) is 24.2 Å². The minimum absolute atomic E-state index is 0.472. The van der Waals surface area contributed by atoms with Crippen LogP contribution in [0.15, 0.2) is 48.1 Å². The number of likely N-dealkylation sites (N-methyl/N-ethyl adjacent to an activating group) is 1. The topological polar surface area (TPSA) is 37.2 Å². The summed E-state index contributed by atoms with van der Waals surface area (Å²) in [6.07, 6.45) is 6.45. The van der Waals surface area contributed by atoms with Crippen LogP contribution in [-0.4, -0.2) is 53.2 Å². The van der Waals surface area contributed by atoms with Gasteiger partial charge in [0.05, 0.1) is 5.69 Å². The molecule has 142 valence electrons. The molecular formula is C21H27N5S. The van der Waals surface area contributed by atoms with E-state index in [-0.39, 0.29) is 0 Å². The van der Waals surface area contributed by atoms with Gasteiger partial charge in [-0.3, -0.25) is 0 Å². The van der Waals surface area contributed by atoms with Crippen LogP contribution in [0.3, 0.4) is 0 Å². The Balaban J connectivity index is 1.48. The highest BCUT2D eigenvalue weighted by atomic mass is 32.1. The van der Waals surface area contributed by atoms with Crippen molar-refractivity contribution in [3.63, 3.8) is 0 Å². The molecule has 1 aliphatic heterocycles. The SMILES string of the molecule is CN(C)CCn1ccnc1C1CCCN(c2nc(-c3ccccc3)cs2)C1. The summed E-state index contributed by atoms with van der Waals surface area (Å²) in [5, 5.41) is 3.30. The number of thiazole rings is 1. The molecule has 0 amide bonds. The first-order chi connectivity index (χ1) is 13.2. The first-order valence-corrected chi connectivity index (χ1v) is 10.5. The highest BCUT2D eigenvalue weighted by Crippen LogP contribution is 2.33. The number of piperidine rings is 1. The molecule has 2 aromatic heterocycles. The van der Waals surface area contributed by atoms with Gasteiger partial charge in [0.15, 0.2) is 5.13 Å². The van der Waals surface area contributed by atoms with Crippen molar-refractivity contribution in [2.24, 2.45) is 0 Å². The molecule has 1 fully saturated rings. The molecule has 0 N–H and O–H groups in total. The van der Waals surface area contributed by atoms with E-state index in [1.54, 1.807) is 11.3 Å². The van der Waals surface area contributed by atoms with E-state index in [0.717, 1.165) is 37.0 Å². The fraction of sp³-hybridized carbons (Fsp3) is 0.429. The van der Waals surface area contributed by atoms with Crippen molar-refractivity contribution in [1.82, 2.24) is 19.4 Å². The Hall–Kier alpha value is -2.18. The summed E-state index contributed by atoms with van der Waals surface area (Å²) in [7, 11) is 4.23. The summed E-state index contributed by atoms with van der Waals surface area (Å²) in [6, 6.07) is 10.4. The molecule has 0 aliphatic carbocycles. The van der Waals surface area contributed by atoms with E-state index in [9.17, 15) is 0 Å². The fourth-order valence-corrected chi connectivity index (χ4v) is 4.56. The van der Waals surface area contributed by atoms with Gasteiger partial charge in [0.1, 0.15) is 5.82 Å². The standard InChI is InChI=1S/C21H27N5S/c1-24(2)13-14-25-12-10-22-20(25)18-9-6-11-26(15-18)21-23-19(16-27-21)17-7-4-3-5-8-17/h3-5,7-8,10,12,16,18H,6,9,11,13-15H2,1-2H3. The van der Waals surface area contributed by atoms with Crippen molar-refractivity contribution < 1.29 is 0 Å². The van der Waals surface area contributed by atoms with Crippen LogP contribution in [0.1, 0.15) is 24.6 Å². The van der Waals surface area contributed by atoms with Crippen LogP contribution < -0.4 is 4.90 Å². The van der Waals surface area contributed by atoms with E-state index in [2.05, 4.69) is 64.3 Å². The average Bonchev–Trinajstić information content (AvgIpc) is 3.37. The Morgan fingerprint density at radius 1 is 1.22 bits per heavy atom. The second-order valence-corrected chi connectivity index (χ2v) is 8.29. The molecule has 1 aliphatic rings. The lowest BCUT2D eigenvalue weighted by molar-refractivity contribution is 0.373. The molecule has 0 spiro atoms. The third-order valence-corrected chi connectivity index (χ3v) is 6.06. The van der Waals surface area contributed by atoms with Crippen LogP contribution in [-0.2, 0) is 6.54 Å². The molecule has 27 heavy (non-hydrogen) atoms. The number of anilines is 1. The summed E-state index contributed by atoms with van der Waals surface area (Å²) >= 11 is 1.75. The molecule has 1 unspecified atom stereocenters. The quantitative estimate of drug-likeness (QED) is 0.648. The maximum absolute atomic E-state index is 4.91. The lowest BCUT2D eigenvalue weighted by Crippen LogP contribution is -2.35. The van der Waals surface area contributed by atoms with Gasteiger partial charge in [0.2, 0.25) is 0 Å². The molecule has 6 heteroatoms. The summed E-state index contributed by atoms with van der Waals surface area (Å²) in [5.74, 6) is 1.70. The predicted octanol–water partition coefficient (Wildman–Crippen LogP) is 3.95. The van der Waals surface area contributed by atoms with Crippen molar-refractivity contribution in [2.45, 2.75) is 25.3 Å². The largest absolute Gasteiger partial charge is 0.347 e. The number of imidazole rings is 1. The number of hydrogen-bond donors (Lipinski definition) is 0. The summed E-state index contributed by atoms with van der Waals surface area (Å²) < 4.78 is 2.32. The average molecular weight is 382 g/mol. The number of nitrogens with zero attached hydrogens (tertiary/aromatic N) is 5. The van der Waals surface area contributed by atoms with E-state index in [1.807, 2.05) is 12.3 Å². The number of aromatic nitrogens is 3. The first kappa shape index (κ1) is 18.2. The summed E-state index contributed by atoms with van der Waals surface area (Å²) in [4.78, 5) is 14.3. The van der Waals surface area contributed by atoms with Crippen molar-refractivity contribution in [3.8, 4) is 11.3 Å². The third kappa shape index (κ3) is 4.22. The molecule has 1 saturated heterocycles. The Labute approximate surface area is 165 Å². The Kier molecular flexibility index (Phi) is 5.55. The zero-order chi connectivity index (χ0) is 18.6. The molecule has 5 nitrogen and oxygen atoms in total. The van der Waals surface area contributed by atoms with Gasteiger partial charge in [-0.2, -0.15) is 0 Å². The van der Waals surface area contributed by atoms with Crippen LogP contribution in [0.4, 0.5) is 5.13 Å². The Morgan fingerprint density at radius 3 is 2.89 bits per heavy atom. The molecule has 0 radical (unpaired) electrons. The lowest BCUT2D eigenvalue weighted by Gasteiger charge is -2.32. The summed E-state index contributed by atoms with van der Waals surface area (Å²) in [5.41, 5.74) is 2.26. The van der Waals surface area contributed by atoms with Gasteiger partial charge < -0.3 is 14.4 Å². The van der Waals surface area contributed by atoms with Crippen LogP contribution in [0.5, 0.6) is 0 Å². The minimum atomic E-state index is 0.472. The number of benzene rings is 1. The van der Waals surface area contributed by atoms with Gasteiger partial charge >= 0.3 is 0 Å². The van der Waals surface area contributed by atoms with Crippen LogP contribution in [0.25, 0.3) is 11.3 Å². The number of hydrogen-bond acceptors (Lipinski definition) is 5. The Bertz CT molecular complexity index is 854. The van der Waals surface area contributed by atoms with Gasteiger partial charge in [0, 0.05) is 55.4 Å². The second kappa shape index (κ2) is 8.23. The van der Waals surface area contributed by atoms with Gasteiger partial charge in [-0.15, -0.1) is 11.3 Å². The Morgan fingerprint density at radius 2 is 2.07 bits per heavy atom. The fourth-order valence-electron chi connectivity index (χ4n) is 3.69. The van der Waals surface area contributed by atoms with Crippen molar-refractivity contribution in [3.05, 3.63) is 53.9 Å². The lowest BCUT2D eigenvalue weighted by atomic mass is 9.97. The van der Waals surface area contributed by atoms with Gasteiger partial charge in [-0.1, -0.05) is 30.3 Å². The van der Waals surface area contributed by atoms with Crippen molar-refractivity contribution >= 4 is 16.5 Å². The minimum Gasteiger partial charge on any atom is -0.347 e. The molecule has 0 bridgehead atoms. The van der Waals surface area contributed by atoms with Gasteiger partial charge in [-0.25, -0.2) is 9.97 Å². The highest BCUT2D eigenvalue weighted by Gasteiger charge is 2.26. The van der Waals surface area contributed by atoms with Crippen molar-refractivity contribution in [2.75, 3.05) is 38.6 Å². The predicted molar refractivity (Wildman–Crippen MR) is 113 cm³/mol. The molecule has 4 rings (SSSR count). The second-order valence-electron chi connectivity index (χ2n) is 7.45. The number of rotatable bonds is 6. The van der Waals surface area contributed by atoms with Crippen LogP contribution >= 0.6 is 11.3 Å². The highest BCUT2D eigenvalue weighted by molar-refractivity contribution is 7.14. The van der Waals surface area contributed by atoms with Crippen LogP contribution in [0.2, 0.25) is 0 Å². The molecule has 1 aromatic carbocycles. The molecular weight excluding hydrogens is 354 g/mol. The maximum Gasteiger partial charge on any atom is 0.185 e. The van der Waals surface area contributed by atoms with Crippen LogP contribution in [0, 0.1) is 0 Å². The molecule has 3 heterocycles. The van der Waals surface area contributed by atoms with Gasteiger partial charge in [0.25, 0.3) is 0 Å². The van der Waals surface area contributed by atoms with Gasteiger partial charge in [-0.05, 0) is 26.9 Å². The van der Waals surface area contributed by atoms with E-state index in [0.29, 0.717) is 5.92 Å². The zero-order valence-electron chi connectivity index (χ0n) is 16.1. The third-order valence-electron chi connectivity index (χ3n) is 5.15. The maximum atomic E-state index is 4.91. The summed E-state index contributed by atoms with van der Waals surface area (Å²) in [6.45, 7) is 4.11. The zero-order valence-corrected chi connectivity index (χ0v) is 16.9. The van der Waals surface area contributed by atoms with Crippen molar-refractivity contribution in [1.29, 1.82) is 0 Å². The monoisotopic (exact) mass is 381 g/mol. The molecule has 1 atom stereocenters. The smallest absolute Gasteiger partial charge is 0.185 e. The van der Waals surface area contributed by atoms with E-state index in [4.69, 9.17) is 9.97 Å². The normalized spacial score (nSPS) is 17.6.